The molecule has 0 aromatic carbocycles. The van der Waals surface area contributed by atoms with Gasteiger partial charge in [-0.05, 0) is 36.7 Å². The molecule has 2 heterocycles. The fourth-order valence-corrected chi connectivity index (χ4v) is 3.74. The predicted octanol–water partition coefficient (Wildman–Crippen LogP) is 1.25. The molecule has 2 saturated heterocycles. The van der Waals surface area contributed by atoms with Crippen LogP contribution in [0.3, 0.4) is 0 Å². The van der Waals surface area contributed by atoms with Gasteiger partial charge in [0.15, 0.2) is 0 Å². The normalized spacial score (nSPS) is 28.1. The number of rotatable bonds is 3. The van der Waals surface area contributed by atoms with Crippen LogP contribution in [0.2, 0.25) is 0 Å². The maximum absolute atomic E-state index is 11.9. The molecule has 0 radical (unpaired) electrons. The number of piperidine rings is 1. The van der Waals surface area contributed by atoms with Gasteiger partial charge in [-0.25, -0.2) is 4.79 Å². The highest BCUT2D eigenvalue weighted by molar-refractivity contribution is 7.99. The molecule has 2 N–H and O–H groups in total. The van der Waals surface area contributed by atoms with Gasteiger partial charge in [-0.3, -0.25) is 4.79 Å². The number of hydrogen-bond acceptors (Lipinski definition) is 3. The van der Waals surface area contributed by atoms with Gasteiger partial charge in [0, 0.05) is 19.6 Å². The van der Waals surface area contributed by atoms with Crippen LogP contribution in [0.15, 0.2) is 0 Å². The molecule has 0 saturated carbocycles. The van der Waals surface area contributed by atoms with Crippen LogP contribution in [0, 0.1) is 11.8 Å². The zero-order chi connectivity index (χ0) is 13.0. The van der Waals surface area contributed by atoms with Crippen molar-refractivity contribution in [1.82, 2.24) is 10.2 Å². The molecule has 0 aromatic heterocycles. The molecular weight excluding hydrogens is 252 g/mol. The summed E-state index contributed by atoms with van der Waals surface area (Å²) in [5.41, 5.74) is 0. The third kappa shape index (κ3) is 3.54. The van der Waals surface area contributed by atoms with Gasteiger partial charge in [-0.15, -0.1) is 0 Å². The minimum atomic E-state index is -0.792. The van der Waals surface area contributed by atoms with Gasteiger partial charge in [0.25, 0.3) is 0 Å². The topological polar surface area (TPSA) is 69.6 Å². The summed E-state index contributed by atoms with van der Waals surface area (Å²) < 4.78 is 0. The van der Waals surface area contributed by atoms with E-state index in [1.54, 1.807) is 4.90 Å². The van der Waals surface area contributed by atoms with Crippen molar-refractivity contribution in [2.75, 3.05) is 31.1 Å². The number of hydrogen-bond donors (Lipinski definition) is 2. The molecule has 0 spiro atoms. The van der Waals surface area contributed by atoms with Gasteiger partial charge in [-0.1, -0.05) is 0 Å². The first-order chi connectivity index (χ1) is 8.66. The Labute approximate surface area is 111 Å². The van der Waals surface area contributed by atoms with Crippen molar-refractivity contribution in [3.8, 4) is 0 Å². The van der Waals surface area contributed by atoms with E-state index in [-0.39, 0.29) is 6.03 Å². The standard InChI is InChI=1S/C12H20N2O3S/c15-11(16)10-2-1-4-14(7-10)12(17)13-6-9-3-5-18-8-9/h9-10H,1-8H2,(H,13,17)(H,15,16)/t9?,10-/m0/s1. The van der Waals surface area contributed by atoms with Gasteiger partial charge in [0.2, 0.25) is 0 Å². The Hall–Kier alpha value is -0.910. The van der Waals surface area contributed by atoms with Crippen LogP contribution < -0.4 is 5.32 Å². The summed E-state index contributed by atoms with van der Waals surface area (Å²) in [5.74, 6) is 1.70. The number of likely N-dealkylation sites (tertiary alicyclic amines) is 1. The Kier molecular flexibility index (Phi) is 4.74. The minimum absolute atomic E-state index is 0.0992. The van der Waals surface area contributed by atoms with Crippen molar-refractivity contribution in [3.05, 3.63) is 0 Å². The number of urea groups is 1. The smallest absolute Gasteiger partial charge is 0.317 e. The van der Waals surface area contributed by atoms with Crippen LogP contribution in [0.1, 0.15) is 19.3 Å². The summed E-state index contributed by atoms with van der Waals surface area (Å²) >= 11 is 1.93. The number of carbonyl (C=O) groups is 2. The van der Waals surface area contributed by atoms with Gasteiger partial charge < -0.3 is 15.3 Å². The van der Waals surface area contributed by atoms with E-state index in [0.29, 0.717) is 25.4 Å². The van der Waals surface area contributed by atoms with Gasteiger partial charge >= 0.3 is 12.0 Å². The summed E-state index contributed by atoms with van der Waals surface area (Å²) in [6.45, 7) is 1.75. The van der Waals surface area contributed by atoms with Gasteiger partial charge in [-0.2, -0.15) is 11.8 Å². The first-order valence-corrected chi connectivity index (χ1v) is 7.65. The lowest BCUT2D eigenvalue weighted by Gasteiger charge is -2.31. The average molecular weight is 272 g/mol. The third-order valence-electron chi connectivity index (χ3n) is 3.62. The maximum Gasteiger partial charge on any atom is 0.317 e. The molecule has 2 fully saturated rings. The van der Waals surface area contributed by atoms with Crippen LogP contribution in [-0.2, 0) is 4.79 Å². The van der Waals surface area contributed by atoms with E-state index < -0.39 is 11.9 Å². The highest BCUT2D eigenvalue weighted by atomic mass is 32.2. The molecule has 2 aliphatic rings. The van der Waals surface area contributed by atoms with Crippen molar-refractivity contribution in [3.63, 3.8) is 0 Å². The van der Waals surface area contributed by atoms with Gasteiger partial charge in [0.1, 0.15) is 0 Å². The third-order valence-corrected chi connectivity index (χ3v) is 4.86. The molecule has 2 amide bonds. The van der Waals surface area contributed by atoms with Crippen molar-refractivity contribution >= 4 is 23.8 Å². The zero-order valence-electron chi connectivity index (χ0n) is 10.4. The molecule has 2 aliphatic heterocycles. The number of thioether (sulfide) groups is 1. The van der Waals surface area contributed by atoms with Crippen molar-refractivity contribution in [2.24, 2.45) is 11.8 Å². The van der Waals surface area contributed by atoms with E-state index in [9.17, 15) is 9.59 Å². The van der Waals surface area contributed by atoms with E-state index >= 15 is 0 Å². The quantitative estimate of drug-likeness (QED) is 0.811. The van der Waals surface area contributed by atoms with Gasteiger partial charge in [0.05, 0.1) is 5.92 Å². The Morgan fingerprint density at radius 2 is 2.22 bits per heavy atom. The number of carboxylic acids is 1. The summed E-state index contributed by atoms with van der Waals surface area (Å²) in [4.78, 5) is 24.5. The highest BCUT2D eigenvalue weighted by Crippen LogP contribution is 2.22. The average Bonchev–Trinajstić information content (AvgIpc) is 2.89. The molecule has 0 bridgehead atoms. The second-order valence-electron chi connectivity index (χ2n) is 5.04. The molecule has 0 aliphatic carbocycles. The van der Waals surface area contributed by atoms with E-state index in [2.05, 4.69) is 5.32 Å². The van der Waals surface area contributed by atoms with Crippen LogP contribution in [0.4, 0.5) is 4.79 Å². The van der Waals surface area contributed by atoms with E-state index in [0.717, 1.165) is 18.7 Å². The molecular formula is C12H20N2O3S. The Morgan fingerprint density at radius 1 is 1.39 bits per heavy atom. The summed E-state index contributed by atoms with van der Waals surface area (Å²) in [5, 5.41) is 11.9. The zero-order valence-corrected chi connectivity index (χ0v) is 11.2. The SMILES string of the molecule is O=C(O)[C@H]1CCCN(C(=O)NCC2CCSC2)C1. The molecule has 18 heavy (non-hydrogen) atoms. The fourth-order valence-electron chi connectivity index (χ4n) is 2.45. The van der Waals surface area contributed by atoms with E-state index in [1.807, 2.05) is 11.8 Å². The van der Waals surface area contributed by atoms with Crippen LogP contribution >= 0.6 is 11.8 Å². The molecule has 6 heteroatoms. The van der Waals surface area contributed by atoms with Crippen LogP contribution in [-0.4, -0.2) is 53.1 Å². The number of nitrogens with zero attached hydrogens (tertiary/aromatic N) is 1. The second-order valence-corrected chi connectivity index (χ2v) is 6.19. The monoisotopic (exact) mass is 272 g/mol. The van der Waals surface area contributed by atoms with Crippen LogP contribution in [0.5, 0.6) is 0 Å². The molecule has 1 unspecified atom stereocenters. The summed E-state index contributed by atoms with van der Waals surface area (Å²) in [6.07, 6.45) is 2.63. The predicted molar refractivity (Wildman–Crippen MR) is 70.8 cm³/mol. The van der Waals surface area contributed by atoms with Crippen molar-refractivity contribution in [1.29, 1.82) is 0 Å². The first-order valence-electron chi connectivity index (χ1n) is 6.50. The molecule has 0 aromatic rings. The van der Waals surface area contributed by atoms with E-state index in [4.69, 9.17) is 5.11 Å². The molecule has 5 nitrogen and oxygen atoms in total. The first kappa shape index (κ1) is 13.5. The molecule has 102 valence electrons. The number of nitrogens with one attached hydrogen (secondary N) is 1. The number of amides is 2. The van der Waals surface area contributed by atoms with Crippen LogP contribution in [0.25, 0.3) is 0 Å². The van der Waals surface area contributed by atoms with Crippen molar-refractivity contribution in [2.45, 2.75) is 19.3 Å². The maximum atomic E-state index is 11.9. The Balaban J connectivity index is 1.75. The lowest BCUT2D eigenvalue weighted by atomic mass is 9.99. The second kappa shape index (κ2) is 6.31. The molecule has 2 rings (SSSR count). The summed E-state index contributed by atoms with van der Waals surface area (Å²) in [7, 11) is 0. The molecule has 2 atom stereocenters. The van der Waals surface area contributed by atoms with Crippen molar-refractivity contribution < 1.29 is 14.7 Å². The minimum Gasteiger partial charge on any atom is -0.481 e. The largest absolute Gasteiger partial charge is 0.481 e. The lowest BCUT2D eigenvalue weighted by molar-refractivity contribution is -0.143. The number of carbonyl (C=O) groups excluding carboxylic acids is 1. The van der Waals surface area contributed by atoms with E-state index in [1.165, 1.54) is 12.2 Å². The number of aliphatic carboxylic acids is 1. The highest BCUT2D eigenvalue weighted by Gasteiger charge is 2.28. The summed E-state index contributed by atoms with van der Waals surface area (Å²) in [6, 6.07) is -0.0992. The number of carboxylic acid groups (broad SMARTS) is 1. The Bertz CT molecular complexity index is 318. The Morgan fingerprint density at radius 3 is 2.89 bits per heavy atom. The lowest BCUT2D eigenvalue weighted by Crippen LogP contribution is -2.48. The fraction of sp³-hybridized carbons (Fsp3) is 0.833.